The molecule has 2 aromatic heterocycles. The summed E-state index contributed by atoms with van der Waals surface area (Å²) in [6.45, 7) is 14.5. The fourth-order valence-corrected chi connectivity index (χ4v) is 5.16. The third-order valence-corrected chi connectivity index (χ3v) is 7.11. The highest BCUT2D eigenvalue weighted by Gasteiger charge is 2.28. The number of carbonyl (C=O) groups is 1. The molecule has 0 N–H and O–H groups in total. The third kappa shape index (κ3) is 5.71. The van der Waals surface area contributed by atoms with Crippen LogP contribution >= 0.6 is 0 Å². The molecule has 0 bridgehead atoms. The van der Waals surface area contributed by atoms with E-state index in [1.54, 1.807) is 0 Å². The quantitative estimate of drug-likeness (QED) is 0.510. The van der Waals surface area contributed by atoms with Crippen molar-refractivity contribution in [3.8, 4) is 5.82 Å². The van der Waals surface area contributed by atoms with Crippen molar-refractivity contribution in [3.05, 3.63) is 41.3 Å². The molecule has 5 rings (SSSR count). The zero-order chi connectivity index (χ0) is 26.2. The SMILES string of the molecule is CCc1nc(N2CCOCC2)cc(-n2cc3cc(C)c(C4CCN(C(=O)OC(C)(C)C)CC4)cc3n2)n1. The van der Waals surface area contributed by atoms with Crippen LogP contribution in [0.1, 0.15) is 63.4 Å². The summed E-state index contributed by atoms with van der Waals surface area (Å²) in [5.41, 5.74) is 3.06. The molecule has 0 unspecified atom stereocenters. The molecule has 9 heteroatoms. The van der Waals surface area contributed by atoms with Crippen molar-refractivity contribution in [2.75, 3.05) is 44.3 Å². The lowest BCUT2D eigenvalue weighted by Gasteiger charge is -2.34. The number of piperidine rings is 1. The van der Waals surface area contributed by atoms with Gasteiger partial charge in [0.05, 0.1) is 18.7 Å². The summed E-state index contributed by atoms with van der Waals surface area (Å²) in [5, 5.41) is 6.02. The molecule has 1 amide bonds. The molecule has 0 saturated carbocycles. The van der Waals surface area contributed by atoms with E-state index in [4.69, 9.17) is 24.5 Å². The van der Waals surface area contributed by atoms with E-state index in [1.807, 2.05) is 36.4 Å². The van der Waals surface area contributed by atoms with Crippen LogP contribution < -0.4 is 4.90 Å². The number of ether oxygens (including phenoxy) is 2. The first-order valence-corrected chi connectivity index (χ1v) is 13.4. The molecular formula is C28H38N6O3. The maximum atomic E-state index is 12.5. The smallest absolute Gasteiger partial charge is 0.410 e. The highest BCUT2D eigenvalue weighted by molar-refractivity contribution is 5.80. The molecule has 2 saturated heterocycles. The molecule has 2 aliphatic rings. The minimum atomic E-state index is -0.473. The first-order valence-electron chi connectivity index (χ1n) is 13.4. The monoisotopic (exact) mass is 506 g/mol. The van der Waals surface area contributed by atoms with E-state index in [-0.39, 0.29) is 6.09 Å². The van der Waals surface area contributed by atoms with Gasteiger partial charge in [-0.2, -0.15) is 5.10 Å². The minimum Gasteiger partial charge on any atom is -0.444 e. The van der Waals surface area contributed by atoms with Crippen LogP contribution in [0.3, 0.4) is 0 Å². The molecule has 2 fully saturated rings. The van der Waals surface area contributed by atoms with Crippen molar-refractivity contribution in [1.82, 2.24) is 24.6 Å². The van der Waals surface area contributed by atoms with Gasteiger partial charge in [0.25, 0.3) is 0 Å². The van der Waals surface area contributed by atoms with E-state index in [0.29, 0.717) is 32.2 Å². The molecule has 2 aliphatic heterocycles. The van der Waals surface area contributed by atoms with Crippen LogP contribution in [-0.2, 0) is 15.9 Å². The Labute approximate surface area is 218 Å². The van der Waals surface area contributed by atoms with Crippen LogP contribution in [0.5, 0.6) is 0 Å². The number of hydrogen-bond donors (Lipinski definition) is 0. The Morgan fingerprint density at radius 2 is 1.76 bits per heavy atom. The summed E-state index contributed by atoms with van der Waals surface area (Å²) in [5.74, 6) is 2.92. The van der Waals surface area contributed by atoms with Crippen LogP contribution in [0, 0.1) is 6.92 Å². The Hall–Kier alpha value is -3.20. The third-order valence-electron chi connectivity index (χ3n) is 7.11. The van der Waals surface area contributed by atoms with E-state index in [0.717, 1.165) is 60.7 Å². The van der Waals surface area contributed by atoms with Crippen molar-refractivity contribution in [3.63, 3.8) is 0 Å². The Balaban J connectivity index is 1.37. The summed E-state index contributed by atoms with van der Waals surface area (Å²) in [7, 11) is 0. The number of rotatable bonds is 4. The van der Waals surface area contributed by atoms with Crippen LogP contribution in [-0.4, -0.2) is 75.7 Å². The van der Waals surface area contributed by atoms with Gasteiger partial charge >= 0.3 is 6.09 Å². The maximum absolute atomic E-state index is 12.5. The van der Waals surface area contributed by atoms with E-state index in [1.165, 1.54) is 11.1 Å². The van der Waals surface area contributed by atoms with Gasteiger partial charge in [-0.05, 0) is 69.7 Å². The molecule has 0 radical (unpaired) electrons. The number of aromatic nitrogens is 4. The normalized spacial score (nSPS) is 17.4. The molecule has 0 aliphatic carbocycles. The van der Waals surface area contributed by atoms with Gasteiger partial charge in [-0.1, -0.05) is 6.92 Å². The number of likely N-dealkylation sites (tertiary alicyclic amines) is 1. The zero-order valence-electron chi connectivity index (χ0n) is 22.7. The number of nitrogens with zero attached hydrogens (tertiary/aromatic N) is 6. The van der Waals surface area contributed by atoms with Gasteiger partial charge in [0.2, 0.25) is 0 Å². The van der Waals surface area contributed by atoms with Gasteiger partial charge < -0.3 is 19.3 Å². The molecule has 9 nitrogen and oxygen atoms in total. The second kappa shape index (κ2) is 10.3. The highest BCUT2D eigenvalue weighted by Crippen LogP contribution is 2.33. The standard InChI is InChI=1S/C28H38N6O3/c1-6-24-29-25(32-11-13-36-14-12-32)17-26(30-24)34-18-21-15-19(2)22(16-23(21)31-34)20-7-9-33(10-8-20)27(35)37-28(3,4)5/h15-18,20H,6-14H2,1-5H3. The Morgan fingerprint density at radius 1 is 1.05 bits per heavy atom. The van der Waals surface area contributed by atoms with E-state index in [2.05, 4.69) is 37.1 Å². The minimum absolute atomic E-state index is 0.218. The second-order valence-corrected chi connectivity index (χ2v) is 11.0. The Bertz CT molecular complexity index is 1270. The first-order chi connectivity index (χ1) is 17.7. The van der Waals surface area contributed by atoms with Crippen molar-refractivity contribution < 1.29 is 14.3 Å². The fraction of sp³-hybridized carbons (Fsp3) is 0.571. The average molecular weight is 507 g/mol. The molecule has 4 heterocycles. The first kappa shape index (κ1) is 25.4. The summed E-state index contributed by atoms with van der Waals surface area (Å²) >= 11 is 0. The lowest BCUT2D eigenvalue weighted by Crippen LogP contribution is -2.41. The Morgan fingerprint density at radius 3 is 2.43 bits per heavy atom. The molecule has 0 atom stereocenters. The van der Waals surface area contributed by atoms with Gasteiger partial charge in [-0.15, -0.1) is 0 Å². The van der Waals surface area contributed by atoms with E-state index in [9.17, 15) is 4.79 Å². The van der Waals surface area contributed by atoms with Crippen LogP contribution in [0.4, 0.5) is 10.6 Å². The summed E-state index contributed by atoms with van der Waals surface area (Å²) in [6, 6.07) is 6.47. The van der Waals surface area contributed by atoms with Gasteiger partial charge in [0, 0.05) is 50.2 Å². The van der Waals surface area contributed by atoms with Crippen molar-refractivity contribution >= 4 is 22.8 Å². The number of amides is 1. The van der Waals surface area contributed by atoms with Crippen molar-refractivity contribution in [2.24, 2.45) is 0 Å². The lowest BCUT2D eigenvalue weighted by atomic mass is 9.86. The van der Waals surface area contributed by atoms with Gasteiger partial charge in [0.1, 0.15) is 17.2 Å². The van der Waals surface area contributed by atoms with Crippen LogP contribution in [0.25, 0.3) is 16.7 Å². The average Bonchev–Trinajstić information content (AvgIpc) is 3.30. The largest absolute Gasteiger partial charge is 0.444 e. The number of hydrogen-bond acceptors (Lipinski definition) is 7. The summed E-state index contributed by atoms with van der Waals surface area (Å²) in [6.07, 6.45) is 4.44. The summed E-state index contributed by atoms with van der Waals surface area (Å²) < 4.78 is 13.0. The number of fused-ring (bicyclic) bond motifs is 1. The number of morpholine rings is 1. The van der Waals surface area contributed by atoms with E-state index < -0.39 is 5.60 Å². The Kier molecular flexibility index (Phi) is 7.07. The van der Waals surface area contributed by atoms with Gasteiger partial charge in [-0.3, -0.25) is 0 Å². The van der Waals surface area contributed by atoms with Gasteiger partial charge in [0.15, 0.2) is 5.82 Å². The predicted octanol–water partition coefficient (Wildman–Crippen LogP) is 4.64. The maximum Gasteiger partial charge on any atom is 0.410 e. The fourth-order valence-electron chi connectivity index (χ4n) is 5.16. The zero-order valence-corrected chi connectivity index (χ0v) is 22.7. The molecule has 1 aromatic carbocycles. The highest BCUT2D eigenvalue weighted by atomic mass is 16.6. The topological polar surface area (TPSA) is 85.6 Å². The second-order valence-electron chi connectivity index (χ2n) is 11.0. The molecule has 37 heavy (non-hydrogen) atoms. The lowest BCUT2D eigenvalue weighted by molar-refractivity contribution is 0.0205. The predicted molar refractivity (Wildman–Crippen MR) is 144 cm³/mol. The molecule has 198 valence electrons. The van der Waals surface area contributed by atoms with Gasteiger partial charge in [-0.25, -0.2) is 19.4 Å². The molecular weight excluding hydrogens is 468 g/mol. The number of carbonyl (C=O) groups excluding carboxylic acids is 1. The number of aryl methyl sites for hydroxylation is 2. The number of benzene rings is 1. The van der Waals surface area contributed by atoms with Crippen molar-refractivity contribution in [2.45, 2.75) is 65.4 Å². The number of anilines is 1. The van der Waals surface area contributed by atoms with Crippen molar-refractivity contribution in [1.29, 1.82) is 0 Å². The van der Waals surface area contributed by atoms with E-state index >= 15 is 0 Å². The van der Waals surface area contributed by atoms with Crippen LogP contribution in [0.2, 0.25) is 0 Å². The molecule has 3 aromatic rings. The summed E-state index contributed by atoms with van der Waals surface area (Å²) in [4.78, 5) is 26.1. The molecule has 0 spiro atoms. The van der Waals surface area contributed by atoms with Crippen LogP contribution in [0.15, 0.2) is 24.4 Å².